The fourth-order valence-electron chi connectivity index (χ4n) is 3.32. The Balaban J connectivity index is 1.82. The average molecular weight is 228 g/mol. The van der Waals surface area contributed by atoms with Crippen LogP contribution in [0.1, 0.15) is 30.4 Å². The third kappa shape index (κ3) is 1.78. The summed E-state index contributed by atoms with van der Waals surface area (Å²) in [7, 11) is 1.32. The van der Waals surface area contributed by atoms with Crippen molar-refractivity contribution in [3.8, 4) is 0 Å². The second-order valence-corrected chi connectivity index (χ2v) is 6.34. The number of rotatable bonds is 3. The van der Waals surface area contributed by atoms with Gasteiger partial charge >= 0.3 is 0 Å². The lowest BCUT2D eigenvalue weighted by Gasteiger charge is -2.13. The highest BCUT2D eigenvalue weighted by molar-refractivity contribution is 6.08. The van der Waals surface area contributed by atoms with Gasteiger partial charge in [-0.15, -0.1) is 0 Å². The van der Waals surface area contributed by atoms with Gasteiger partial charge in [0.15, 0.2) is 0 Å². The van der Waals surface area contributed by atoms with Crippen LogP contribution in [0, 0.1) is 11.8 Å². The Kier molecular flexibility index (Phi) is 2.72. The number of benzene rings is 1. The molecule has 0 N–H and O–H groups in total. The van der Waals surface area contributed by atoms with Crippen LogP contribution in [0.2, 0.25) is 6.04 Å². The first kappa shape index (κ1) is 10.3. The van der Waals surface area contributed by atoms with Crippen molar-refractivity contribution in [2.75, 3.05) is 0 Å². The number of hydrogen-bond acceptors (Lipinski definition) is 0. The van der Waals surface area contributed by atoms with Crippen LogP contribution in [0.15, 0.2) is 30.3 Å². The van der Waals surface area contributed by atoms with Crippen LogP contribution >= 0.6 is 0 Å². The quantitative estimate of drug-likeness (QED) is 0.698. The van der Waals surface area contributed by atoms with E-state index >= 15 is 0 Å². The highest BCUT2D eigenvalue weighted by Crippen LogP contribution is 2.47. The van der Waals surface area contributed by atoms with Gasteiger partial charge in [0.1, 0.15) is 0 Å². The normalized spacial score (nSPS) is 27.4. The number of aryl methyl sites for hydroxylation is 1. The second-order valence-electron chi connectivity index (χ2n) is 5.34. The largest absolute Gasteiger partial charge is 0.0773 e. The van der Waals surface area contributed by atoms with Crippen LogP contribution in [-0.2, 0) is 6.42 Å². The van der Waals surface area contributed by atoms with Crippen molar-refractivity contribution >= 4 is 15.8 Å². The van der Waals surface area contributed by atoms with E-state index in [9.17, 15) is 0 Å². The molecule has 84 valence electrons. The molecular weight excluding hydrogens is 208 g/mol. The second kappa shape index (κ2) is 4.21. The molecule has 16 heavy (non-hydrogen) atoms. The lowest BCUT2D eigenvalue weighted by atomic mass is 9.92. The summed E-state index contributed by atoms with van der Waals surface area (Å²) in [6.07, 6.45) is 8.11. The summed E-state index contributed by atoms with van der Waals surface area (Å²) in [4.78, 5) is 0. The molecule has 1 aromatic rings. The molecule has 1 heteroatoms. The number of fused-ring (bicyclic) bond motifs is 2. The molecule has 1 saturated carbocycles. The average Bonchev–Trinajstić information content (AvgIpc) is 2.92. The van der Waals surface area contributed by atoms with Gasteiger partial charge in [0.2, 0.25) is 0 Å². The van der Waals surface area contributed by atoms with Crippen LogP contribution in [0.5, 0.6) is 0 Å². The summed E-state index contributed by atoms with van der Waals surface area (Å²) in [5, 5.41) is 0. The molecule has 0 amide bonds. The molecule has 2 bridgehead atoms. The minimum Gasteiger partial charge on any atom is -0.0773 e. The van der Waals surface area contributed by atoms with Gasteiger partial charge < -0.3 is 0 Å². The Labute approximate surface area is 101 Å². The van der Waals surface area contributed by atoms with Gasteiger partial charge in [-0.3, -0.25) is 0 Å². The molecule has 1 fully saturated rings. The number of hydrogen-bond donors (Lipinski definition) is 0. The fraction of sp³-hybridized carbons (Fsp3) is 0.467. The van der Waals surface area contributed by atoms with Gasteiger partial charge in [0.05, 0.1) is 0 Å². The van der Waals surface area contributed by atoms with Gasteiger partial charge in [-0.05, 0) is 54.2 Å². The first-order valence-electron chi connectivity index (χ1n) is 6.68. The van der Waals surface area contributed by atoms with E-state index < -0.39 is 0 Å². The highest BCUT2D eigenvalue weighted by Gasteiger charge is 2.32. The molecule has 3 rings (SSSR count). The Morgan fingerprint density at radius 2 is 1.94 bits per heavy atom. The fourth-order valence-corrected chi connectivity index (χ4v) is 3.90. The standard InChI is InChI=1S/C15H20Si/c16-8-7-11-1-4-13(5-2-11)15-10-12-3-6-14(15)9-12/h1-2,4-5,10,12,14H,3,6-9H2,16H3. The molecule has 2 unspecified atom stereocenters. The molecule has 0 saturated heterocycles. The molecule has 0 aliphatic heterocycles. The van der Waals surface area contributed by atoms with E-state index in [2.05, 4.69) is 30.3 Å². The van der Waals surface area contributed by atoms with E-state index in [1.165, 1.54) is 53.1 Å². The zero-order valence-corrected chi connectivity index (χ0v) is 12.1. The topological polar surface area (TPSA) is 0 Å². The smallest absolute Gasteiger partial charge is 0.00321 e. The molecule has 0 radical (unpaired) electrons. The van der Waals surface area contributed by atoms with Crippen molar-refractivity contribution in [3.05, 3.63) is 41.5 Å². The minimum absolute atomic E-state index is 0.884. The molecule has 2 atom stereocenters. The molecule has 2 aliphatic rings. The van der Waals surface area contributed by atoms with Gasteiger partial charge in [0.25, 0.3) is 0 Å². The van der Waals surface area contributed by atoms with E-state index in [0.29, 0.717) is 0 Å². The van der Waals surface area contributed by atoms with Crippen molar-refractivity contribution in [1.29, 1.82) is 0 Å². The summed E-state index contributed by atoms with van der Waals surface area (Å²) < 4.78 is 0. The van der Waals surface area contributed by atoms with Crippen molar-refractivity contribution < 1.29 is 0 Å². The zero-order chi connectivity index (χ0) is 11.0. The van der Waals surface area contributed by atoms with Gasteiger partial charge in [-0.1, -0.05) is 36.4 Å². The zero-order valence-electron chi connectivity index (χ0n) is 10.1. The Hall–Kier alpha value is -0.823. The van der Waals surface area contributed by atoms with Crippen molar-refractivity contribution in [3.63, 3.8) is 0 Å². The summed E-state index contributed by atoms with van der Waals surface area (Å²) >= 11 is 0. The third-order valence-corrected chi connectivity index (χ3v) is 4.65. The molecule has 0 nitrogen and oxygen atoms in total. The predicted octanol–water partition coefficient (Wildman–Crippen LogP) is 2.83. The Morgan fingerprint density at radius 3 is 2.50 bits per heavy atom. The third-order valence-electron chi connectivity index (χ3n) is 4.15. The first-order chi connectivity index (χ1) is 7.86. The Bertz CT molecular complexity index is 402. The highest BCUT2D eigenvalue weighted by atomic mass is 28.1. The van der Waals surface area contributed by atoms with Crippen LogP contribution < -0.4 is 0 Å². The molecule has 0 heterocycles. The van der Waals surface area contributed by atoms with E-state index in [-0.39, 0.29) is 0 Å². The maximum Gasteiger partial charge on any atom is 0.00321 e. The number of allylic oxidation sites excluding steroid dienone is 2. The molecule has 0 aromatic heterocycles. The minimum atomic E-state index is 0.884. The van der Waals surface area contributed by atoms with E-state index in [0.717, 1.165) is 11.8 Å². The van der Waals surface area contributed by atoms with Crippen LogP contribution in [0.3, 0.4) is 0 Å². The molecule has 1 aromatic carbocycles. The van der Waals surface area contributed by atoms with E-state index in [1.807, 2.05) is 0 Å². The molecule has 0 spiro atoms. The van der Waals surface area contributed by atoms with Crippen molar-refractivity contribution in [2.24, 2.45) is 11.8 Å². The lowest BCUT2D eigenvalue weighted by molar-refractivity contribution is 0.695. The lowest BCUT2D eigenvalue weighted by Crippen LogP contribution is -1.96. The monoisotopic (exact) mass is 228 g/mol. The Morgan fingerprint density at radius 1 is 1.12 bits per heavy atom. The van der Waals surface area contributed by atoms with Crippen LogP contribution in [0.25, 0.3) is 5.57 Å². The maximum absolute atomic E-state index is 2.54. The first-order valence-corrected chi connectivity index (χ1v) is 8.09. The van der Waals surface area contributed by atoms with Crippen molar-refractivity contribution in [1.82, 2.24) is 0 Å². The SMILES string of the molecule is [SiH3]CCc1ccc(C2=CC3CCC2C3)cc1. The van der Waals surface area contributed by atoms with E-state index in [1.54, 1.807) is 5.57 Å². The molecular formula is C15H20Si. The molecule has 2 aliphatic carbocycles. The summed E-state index contributed by atoms with van der Waals surface area (Å²) in [6.45, 7) is 0. The maximum atomic E-state index is 2.54. The summed E-state index contributed by atoms with van der Waals surface area (Å²) in [5.74, 6) is 1.79. The van der Waals surface area contributed by atoms with Gasteiger partial charge in [0, 0.05) is 10.2 Å². The van der Waals surface area contributed by atoms with Gasteiger partial charge in [-0.25, -0.2) is 0 Å². The van der Waals surface area contributed by atoms with Crippen molar-refractivity contribution in [2.45, 2.75) is 31.7 Å². The van der Waals surface area contributed by atoms with Crippen LogP contribution in [-0.4, -0.2) is 10.2 Å². The predicted molar refractivity (Wildman–Crippen MR) is 73.7 cm³/mol. The summed E-state index contributed by atoms with van der Waals surface area (Å²) in [5.41, 5.74) is 4.65. The van der Waals surface area contributed by atoms with Gasteiger partial charge in [-0.2, -0.15) is 0 Å². The van der Waals surface area contributed by atoms with Crippen LogP contribution in [0.4, 0.5) is 0 Å². The van der Waals surface area contributed by atoms with E-state index in [4.69, 9.17) is 0 Å². The summed E-state index contributed by atoms with van der Waals surface area (Å²) in [6, 6.07) is 10.7.